The normalized spacial score (nSPS) is 14.7. The molecular formula is C20H33IN6O3. The number of pyridine rings is 1. The Labute approximate surface area is 195 Å². The van der Waals surface area contributed by atoms with E-state index in [9.17, 15) is 9.59 Å². The molecule has 2 heterocycles. The van der Waals surface area contributed by atoms with Gasteiger partial charge < -0.3 is 25.2 Å². The summed E-state index contributed by atoms with van der Waals surface area (Å²) in [7, 11) is 1.75. The van der Waals surface area contributed by atoms with Gasteiger partial charge in [0.15, 0.2) is 5.96 Å². The number of halogens is 1. The first-order chi connectivity index (χ1) is 13.7. The van der Waals surface area contributed by atoms with E-state index in [-0.39, 0.29) is 42.5 Å². The van der Waals surface area contributed by atoms with Crippen LogP contribution in [0.15, 0.2) is 29.4 Å². The number of carbonyl (C=O) groups is 2. The van der Waals surface area contributed by atoms with Crippen LogP contribution in [0.5, 0.6) is 0 Å². The quantitative estimate of drug-likeness (QED) is 0.351. The van der Waals surface area contributed by atoms with E-state index in [4.69, 9.17) is 10.5 Å². The van der Waals surface area contributed by atoms with Crippen LogP contribution in [-0.2, 0) is 16.0 Å². The van der Waals surface area contributed by atoms with Crippen molar-refractivity contribution in [2.75, 3.05) is 46.3 Å². The van der Waals surface area contributed by atoms with E-state index in [2.05, 4.69) is 9.98 Å². The second kappa shape index (κ2) is 11.9. The second-order valence-electron chi connectivity index (χ2n) is 8.02. The maximum absolute atomic E-state index is 12.3. The maximum Gasteiger partial charge on any atom is 0.410 e. The van der Waals surface area contributed by atoms with Crippen LogP contribution < -0.4 is 5.73 Å². The Hall–Kier alpha value is -2.11. The van der Waals surface area contributed by atoms with Crippen molar-refractivity contribution in [3.05, 3.63) is 30.1 Å². The fourth-order valence-electron chi connectivity index (χ4n) is 2.77. The first kappa shape index (κ1) is 25.9. The summed E-state index contributed by atoms with van der Waals surface area (Å²) in [5, 5.41) is 0. The highest BCUT2D eigenvalue weighted by atomic mass is 127. The van der Waals surface area contributed by atoms with Gasteiger partial charge in [0.05, 0.1) is 0 Å². The molecule has 0 aliphatic carbocycles. The minimum Gasteiger partial charge on any atom is -0.444 e. The number of amides is 2. The summed E-state index contributed by atoms with van der Waals surface area (Å²) in [5.74, 6) is 0.219. The number of ether oxygens (including phenoxy) is 1. The Kier molecular flexibility index (Phi) is 10.3. The molecule has 1 aromatic rings. The van der Waals surface area contributed by atoms with Gasteiger partial charge in [0.25, 0.3) is 0 Å². The van der Waals surface area contributed by atoms with Crippen molar-refractivity contribution < 1.29 is 14.3 Å². The van der Waals surface area contributed by atoms with Gasteiger partial charge in [-0.05, 0) is 32.9 Å². The van der Waals surface area contributed by atoms with Gasteiger partial charge in [-0.2, -0.15) is 0 Å². The predicted molar refractivity (Wildman–Crippen MR) is 127 cm³/mol. The first-order valence-electron chi connectivity index (χ1n) is 9.82. The number of nitrogens with zero attached hydrogens (tertiary/aromatic N) is 5. The minimum atomic E-state index is -0.516. The van der Waals surface area contributed by atoms with E-state index >= 15 is 0 Å². The maximum atomic E-state index is 12.3. The number of nitrogens with two attached hydrogens (primary N) is 1. The Bertz CT molecular complexity index is 715. The lowest BCUT2D eigenvalue weighted by molar-refractivity contribution is -0.128. The van der Waals surface area contributed by atoms with Crippen molar-refractivity contribution >= 4 is 41.9 Å². The van der Waals surface area contributed by atoms with E-state index in [1.807, 2.05) is 43.9 Å². The van der Waals surface area contributed by atoms with Gasteiger partial charge in [-0.1, -0.05) is 6.07 Å². The molecule has 0 radical (unpaired) electrons. The molecule has 0 bridgehead atoms. The number of rotatable bonds is 5. The average Bonchev–Trinajstić information content (AvgIpc) is 2.69. The van der Waals surface area contributed by atoms with Crippen molar-refractivity contribution in [1.82, 2.24) is 19.7 Å². The molecular weight excluding hydrogens is 499 g/mol. The highest BCUT2D eigenvalue weighted by Crippen LogP contribution is 2.11. The monoisotopic (exact) mass is 532 g/mol. The van der Waals surface area contributed by atoms with Crippen LogP contribution in [0.25, 0.3) is 0 Å². The van der Waals surface area contributed by atoms with Gasteiger partial charge in [0, 0.05) is 58.1 Å². The lowest BCUT2D eigenvalue weighted by atomic mass is 10.2. The fraction of sp³-hybridized carbons (Fsp3) is 0.600. The van der Waals surface area contributed by atoms with E-state index in [0.717, 1.165) is 5.69 Å². The van der Waals surface area contributed by atoms with Gasteiger partial charge in [-0.25, -0.2) is 9.79 Å². The van der Waals surface area contributed by atoms with Gasteiger partial charge in [0.1, 0.15) is 12.1 Å². The van der Waals surface area contributed by atoms with Gasteiger partial charge in [-0.15, -0.1) is 24.0 Å². The molecule has 30 heavy (non-hydrogen) atoms. The number of aliphatic imine (C=N–C) groups is 1. The van der Waals surface area contributed by atoms with E-state index in [1.54, 1.807) is 23.0 Å². The molecule has 0 spiro atoms. The third-order valence-corrected chi connectivity index (χ3v) is 4.49. The zero-order chi connectivity index (χ0) is 21.4. The molecule has 1 saturated heterocycles. The molecule has 1 aliphatic heterocycles. The molecule has 1 aliphatic rings. The topological polar surface area (TPSA) is 104 Å². The van der Waals surface area contributed by atoms with Crippen LogP contribution in [0.1, 0.15) is 26.5 Å². The summed E-state index contributed by atoms with van der Waals surface area (Å²) in [6.45, 7) is 8.21. The molecule has 0 saturated carbocycles. The fourth-order valence-corrected chi connectivity index (χ4v) is 2.77. The lowest BCUT2D eigenvalue weighted by Crippen LogP contribution is -2.53. The van der Waals surface area contributed by atoms with E-state index < -0.39 is 5.60 Å². The van der Waals surface area contributed by atoms with Crippen molar-refractivity contribution in [1.29, 1.82) is 0 Å². The minimum absolute atomic E-state index is 0. The summed E-state index contributed by atoms with van der Waals surface area (Å²) in [4.78, 5) is 38.0. The Balaban J connectivity index is 0.00000450. The molecule has 2 rings (SSSR count). The smallest absolute Gasteiger partial charge is 0.410 e. The molecule has 0 aromatic carbocycles. The molecule has 1 fully saturated rings. The number of guanidine groups is 1. The van der Waals surface area contributed by atoms with E-state index in [1.165, 1.54) is 0 Å². The van der Waals surface area contributed by atoms with Crippen LogP contribution in [0.2, 0.25) is 0 Å². The number of hydrogen-bond donors (Lipinski definition) is 1. The van der Waals surface area contributed by atoms with Crippen LogP contribution in [-0.4, -0.2) is 89.6 Å². The van der Waals surface area contributed by atoms with E-state index in [0.29, 0.717) is 45.1 Å². The number of piperazine rings is 1. The predicted octanol–water partition coefficient (Wildman–Crippen LogP) is 1.57. The number of hydrogen-bond acceptors (Lipinski definition) is 5. The van der Waals surface area contributed by atoms with Crippen molar-refractivity contribution in [2.45, 2.75) is 32.8 Å². The number of carbonyl (C=O) groups excluding carboxylic acids is 2. The number of likely N-dealkylation sites (N-methyl/N-ethyl adjacent to an activating group) is 1. The summed E-state index contributed by atoms with van der Waals surface area (Å²) in [6.07, 6.45) is 2.11. The van der Waals surface area contributed by atoms with Crippen LogP contribution in [0.3, 0.4) is 0 Å². The van der Waals surface area contributed by atoms with Crippen molar-refractivity contribution in [3.63, 3.8) is 0 Å². The van der Waals surface area contributed by atoms with Crippen LogP contribution in [0, 0.1) is 0 Å². The number of aromatic nitrogens is 1. The standard InChI is InChI=1S/C20H32N6O3.HI/c1-20(2,3)29-19(28)26-13-11-25(12-14-26)18(21)23-15-17(27)24(4)10-8-16-7-5-6-9-22-16;/h5-7,9H,8,10-15H2,1-4H3,(H2,21,23);1H. The molecule has 168 valence electrons. The Morgan fingerprint density at radius 1 is 1.20 bits per heavy atom. The zero-order valence-corrected chi connectivity index (χ0v) is 20.5. The molecule has 9 nitrogen and oxygen atoms in total. The van der Waals surface area contributed by atoms with Gasteiger partial charge >= 0.3 is 6.09 Å². The summed E-state index contributed by atoms with van der Waals surface area (Å²) < 4.78 is 5.39. The van der Waals surface area contributed by atoms with Crippen molar-refractivity contribution in [3.8, 4) is 0 Å². The Morgan fingerprint density at radius 3 is 2.40 bits per heavy atom. The zero-order valence-electron chi connectivity index (χ0n) is 18.2. The van der Waals surface area contributed by atoms with Gasteiger partial charge in [-0.3, -0.25) is 9.78 Å². The van der Waals surface area contributed by atoms with Gasteiger partial charge in [0.2, 0.25) is 5.91 Å². The third-order valence-electron chi connectivity index (χ3n) is 4.49. The molecule has 1 aromatic heterocycles. The molecule has 2 amide bonds. The highest BCUT2D eigenvalue weighted by molar-refractivity contribution is 14.0. The van der Waals surface area contributed by atoms with Crippen molar-refractivity contribution in [2.24, 2.45) is 10.7 Å². The first-order valence-corrected chi connectivity index (χ1v) is 9.82. The SMILES string of the molecule is CN(CCc1ccccn1)C(=O)CN=C(N)N1CCN(C(=O)OC(C)(C)C)CC1.I. The summed E-state index contributed by atoms with van der Waals surface area (Å²) in [6, 6.07) is 5.73. The average molecular weight is 532 g/mol. The largest absolute Gasteiger partial charge is 0.444 e. The second-order valence-corrected chi connectivity index (χ2v) is 8.02. The van der Waals surface area contributed by atoms with Crippen LogP contribution in [0.4, 0.5) is 4.79 Å². The molecule has 2 N–H and O–H groups in total. The lowest BCUT2D eigenvalue weighted by Gasteiger charge is -2.36. The highest BCUT2D eigenvalue weighted by Gasteiger charge is 2.26. The molecule has 0 unspecified atom stereocenters. The molecule has 0 atom stereocenters. The van der Waals surface area contributed by atoms with Crippen LogP contribution >= 0.6 is 24.0 Å². The third kappa shape index (κ3) is 8.72. The Morgan fingerprint density at radius 2 is 1.83 bits per heavy atom. The summed E-state index contributed by atoms with van der Waals surface area (Å²) >= 11 is 0. The molecule has 10 heteroatoms. The summed E-state index contributed by atoms with van der Waals surface area (Å²) in [5.41, 5.74) is 6.47.